The predicted octanol–water partition coefficient (Wildman–Crippen LogP) is 3.97. The van der Waals surface area contributed by atoms with E-state index in [9.17, 15) is 0 Å². The van der Waals surface area contributed by atoms with Crippen molar-refractivity contribution in [3.05, 3.63) is 64.7 Å². The van der Waals surface area contributed by atoms with Crippen LogP contribution in [0.3, 0.4) is 0 Å². The minimum Gasteiger partial charge on any atom is -0.367 e. The number of nitrogens with zero attached hydrogens (tertiary/aromatic N) is 1. The smallest absolute Gasteiger partial charge is 0.0432 e. The van der Waals surface area contributed by atoms with Crippen LogP contribution in [0.5, 0.6) is 0 Å². The normalized spacial score (nSPS) is 17.7. The average molecular weight is 280 g/mol. The van der Waals surface area contributed by atoms with Crippen LogP contribution >= 0.6 is 0 Å². The van der Waals surface area contributed by atoms with Gasteiger partial charge < -0.3 is 10.2 Å². The van der Waals surface area contributed by atoms with E-state index in [2.05, 4.69) is 73.6 Å². The maximum Gasteiger partial charge on any atom is 0.0432 e. The molecule has 1 N–H and O–H groups in total. The molecule has 0 spiro atoms. The second-order valence-corrected chi connectivity index (χ2v) is 6.04. The minimum atomic E-state index is 0.482. The molecule has 2 aromatic rings. The summed E-state index contributed by atoms with van der Waals surface area (Å²) in [4.78, 5) is 2.52. The predicted molar refractivity (Wildman–Crippen MR) is 89.8 cm³/mol. The summed E-state index contributed by atoms with van der Waals surface area (Å²) >= 11 is 0. The van der Waals surface area contributed by atoms with Crippen LogP contribution < -0.4 is 10.2 Å². The average Bonchev–Trinajstić information content (AvgIpc) is 2.51. The van der Waals surface area contributed by atoms with Gasteiger partial charge in [-0.25, -0.2) is 0 Å². The molecule has 1 aliphatic heterocycles. The zero-order valence-corrected chi connectivity index (χ0v) is 13.2. The Bertz CT molecular complexity index is 633. The maximum absolute atomic E-state index is 3.44. The molecule has 3 rings (SSSR count). The van der Waals surface area contributed by atoms with Crippen LogP contribution in [0.4, 0.5) is 5.69 Å². The Kier molecular flexibility index (Phi) is 3.98. The highest BCUT2D eigenvalue weighted by molar-refractivity contribution is 5.57. The highest BCUT2D eigenvalue weighted by Crippen LogP contribution is 2.34. The van der Waals surface area contributed by atoms with Crippen LogP contribution in [0.15, 0.2) is 42.5 Å². The van der Waals surface area contributed by atoms with Crippen LogP contribution in [-0.2, 0) is 6.54 Å². The molecule has 0 amide bonds. The molecule has 2 aromatic carbocycles. The zero-order valence-electron chi connectivity index (χ0n) is 13.2. The van der Waals surface area contributed by atoms with Gasteiger partial charge in [-0.2, -0.15) is 0 Å². The van der Waals surface area contributed by atoms with Crippen molar-refractivity contribution < 1.29 is 0 Å². The Balaban J connectivity index is 1.92. The molecule has 0 bridgehead atoms. The van der Waals surface area contributed by atoms with Gasteiger partial charge in [-0.1, -0.05) is 42.0 Å². The summed E-state index contributed by atoms with van der Waals surface area (Å²) in [7, 11) is 2.06. The van der Waals surface area contributed by atoms with Crippen LogP contribution in [0.2, 0.25) is 0 Å². The molecule has 0 fully saturated rings. The number of fused-ring (bicyclic) bond motifs is 1. The molecular weight excluding hydrogens is 256 g/mol. The number of para-hydroxylation sites is 1. The summed E-state index contributed by atoms with van der Waals surface area (Å²) in [6.07, 6.45) is 1.17. The van der Waals surface area contributed by atoms with Gasteiger partial charge in [0.25, 0.3) is 0 Å². The molecule has 0 aromatic heterocycles. The fourth-order valence-electron chi connectivity index (χ4n) is 3.27. The summed E-state index contributed by atoms with van der Waals surface area (Å²) in [5.74, 6) is 0. The Morgan fingerprint density at radius 2 is 1.95 bits per heavy atom. The molecule has 1 heterocycles. The number of hydrogen-bond donors (Lipinski definition) is 1. The van der Waals surface area contributed by atoms with Gasteiger partial charge in [-0.3, -0.25) is 0 Å². The summed E-state index contributed by atoms with van der Waals surface area (Å²) < 4.78 is 0. The zero-order chi connectivity index (χ0) is 14.8. The topological polar surface area (TPSA) is 15.3 Å². The molecular formula is C19H24N2. The molecule has 0 saturated heterocycles. The van der Waals surface area contributed by atoms with Crippen molar-refractivity contribution in [3.63, 3.8) is 0 Å². The summed E-state index contributed by atoms with van der Waals surface area (Å²) in [6, 6.07) is 16.0. The molecule has 1 atom stereocenters. The molecule has 0 aliphatic carbocycles. The van der Waals surface area contributed by atoms with Crippen LogP contribution in [0, 0.1) is 13.8 Å². The fraction of sp³-hybridized carbons (Fsp3) is 0.368. The van der Waals surface area contributed by atoms with Gasteiger partial charge in [0.1, 0.15) is 0 Å². The van der Waals surface area contributed by atoms with Crippen LogP contribution in [0.1, 0.15) is 34.7 Å². The lowest BCUT2D eigenvalue weighted by molar-refractivity contribution is 0.515. The monoisotopic (exact) mass is 280 g/mol. The van der Waals surface area contributed by atoms with Gasteiger partial charge in [0.15, 0.2) is 0 Å². The van der Waals surface area contributed by atoms with Crippen molar-refractivity contribution in [2.24, 2.45) is 0 Å². The molecule has 0 radical (unpaired) electrons. The van der Waals surface area contributed by atoms with Crippen molar-refractivity contribution >= 4 is 5.69 Å². The van der Waals surface area contributed by atoms with Gasteiger partial charge in [-0.05, 0) is 50.1 Å². The number of rotatable bonds is 3. The van der Waals surface area contributed by atoms with Gasteiger partial charge in [-0.15, -0.1) is 0 Å². The van der Waals surface area contributed by atoms with Crippen molar-refractivity contribution in [2.45, 2.75) is 32.9 Å². The van der Waals surface area contributed by atoms with E-state index in [1.807, 2.05) is 0 Å². The molecule has 21 heavy (non-hydrogen) atoms. The van der Waals surface area contributed by atoms with E-state index >= 15 is 0 Å². The van der Waals surface area contributed by atoms with E-state index in [4.69, 9.17) is 0 Å². The lowest BCUT2D eigenvalue weighted by Crippen LogP contribution is -2.34. The van der Waals surface area contributed by atoms with Crippen molar-refractivity contribution in [2.75, 3.05) is 18.5 Å². The first-order chi connectivity index (χ1) is 10.2. The van der Waals surface area contributed by atoms with E-state index in [0.29, 0.717) is 6.04 Å². The first-order valence-electron chi connectivity index (χ1n) is 7.76. The Morgan fingerprint density at radius 3 is 2.76 bits per heavy atom. The van der Waals surface area contributed by atoms with Crippen molar-refractivity contribution in [1.82, 2.24) is 5.32 Å². The molecule has 1 aliphatic rings. The minimum absolute atomic E-state index is 0.482. The number of hydrogen-bond acceptors (Lipinski definition) is 2. The number of aryl methyl sites for hydroxylation is 2. The first kappa shape index (κ1) is 14.2. The highest BCUT2D eigenvalue weighted by Gasteiger charge is 2.23. The van der Waals surface area contributed by atoms with E-state index in [0.717, 1.165) is 13.1 Å². The summed E-state index contributed by atoms with van der Waals surface area (Å²) in [5.41, 5.74) is 6.97. The SMILES string of the molecule is CNC1CCN(Cc2cc(C)ccc2C)c2ccccc21. The first-order valence-corrected chi connectivity index (χ1v) is 7.76. The van der Waals surface area contributed by atoms with Crippen molar-refractivity contribution in [3.8, 4) is 0 Å². The summed E-state index contributed by atoms with van der Waals surface area (Å²) in [5, 5.41) is 3.44. The maximum atomic E-state index is 3.44. The molecule has 1 unspecified atom stereocenters. The quantitative estimate of drug-likeness (QED) is 0.915. The number of nitrogens with one attached hydrogen (secondary N) is 1. The molecule has 0 saturated carbocycles. The Morgan fingerprint density at radius 1 is 1.14 bits per heavy atom. The fourth-order valence-corrected chi connectivity index (χ4v) is 3.27. The lowest BCUT2D eigenvalue weighted by atomic mass is 9.95. The largest absolute Gasteiger partial charge is 0.367 e. The van der Waals surface area contributed by atoms with Gasteiger partial charge in [0, 0.05) is 24.8 Å². The highest BCUT2D eigenvalue weighted by atomic mass is 15.1. The van der Waals surface area contributed by atoms with E-state index in [1.54, 1.807) is 0 Å². The second kappa shape index (κ2) is 5.90. The van der Waals surface area contributed by atoms with Crippen LogP contribution in [-0.4, -0.2) is 13.6 Å². The van der Waals surface area contributed by atoms with E-state index in [-0.39, 0.29) is 0 Å². The van der Waals surface area contributed by atoms with Crippen molar-refractivity contribution in [1.29, 1.82) is 0 Å². The van der Waals surface area contributed by atoms with E-state index < -0.39 is 0 Å². The molecule has 2 heteroatoms. The Hall–Kier alpha value is -1.80. The second-order valence-electron chi connectivity index (χ2n) is 6.04. The van der Waals surface area contributed by atoms with Gasteiger partial charge in [0.05, 0.1) is 0 Å². The molecule has 110 valence electrons. The third-order valence-corrected chi connectivity index (χ3v) is 4.55. The van der Waals surface area contributed by atoms with E-state index in [1.165, 1.54) is 34.4 Å². The van der Waals surface area contributed by atoms with Crippen LogP contribution in [0.25, 0.3) is 0 Å². The molecule has 2 nitrogen and oxygen atoms in total. The number of anilines is 1. The lowest BCUT2D eigenvalue weighted by Gasteiger charge is -2.36. The summed E-state index contributed by atoms with van der Waals surface area (Å²) in [6.45, 7) is 6.49. The van der Waals surface area contributed by atoms with Gasteiger partial charge in [0.2, 0.25) is 0 Å². The third-order valence-electron chi connectivity index (χ3n) is 4.55. The Labute approximate surface area is 127 Å². The third kappa shape index (κ3) is 2.81. The number of benzene rings is 2. The standard InChI is InChI=1S/C19H24N2/c1-14-8-9-15(2)16(12-14)13-21-11-10-18(20-3)17-6-4-5-7-19(17)21/h4-9,12,18,20H,10-11,13H2,1-3H3. The van der Waals surface area contributed by atoms with Gasteiger partial charge >= 0.3 is 0 Å².